The van der Waals surface area contributed by atoms with Gasteiger partial charge in [0.15, 0.2) is 0 Å². The summed E-state index contributed by atoms with van der Waals surface area (Å²) in [6, 6.07) is 39.0. The highest BCUT2D eigenvalue weighted by Crippen LogP contribution is 2.50. The predicted octanol–water partition coefficient (Wildman–Crippen LogP) is 13.2. The van der Waals surface area contributed by atoms with Crippen molar-refractivity contribution in [3.8, 4) is 22.3 Å². The Bertz CT molecular complexity index is 2870. The van der Waals surface area contributed by atoms with E-state index in [1.165, 1.54) is 0 Å². The second-order valence-corrected chi connectivity index (χ2v) is 12.9. The summed E-state index contributed by atoms with van der Waals surface area (Å²) in [5.74, 6) is 0. The quantitative estimate of drug-likeness (QED) is 0.186. The van der Waals surface area contributed by atoms with Gasteiger partial charge in [-0.1, -0.05) is 127 Å². The molecule has 2 aromatic heterocycles. The molecule has 0 amide bonds. The molecule has 0 saturated heterocycles. The van der Waals surface area contributed by atoms with Crippen molar-refractivity contribution in [1.82, 2.24) is 0 Å². The van der Waals surface area contributed by atoms with Gasteiger partial charge < -0.3 is 4.90 Å². The van der Waals surface area contributed by atoms with E-state index in [4.69, 9.17) is 8.22 Å². The third kappa shape index (κ3) is 4.35. The smallest absolute Gasteiger partial charge is 0.0645 e. The molecular formula is C42H27NS2. The molecule has 2 heterocycles. The number of hydrogen-bond acceptors (Lipinski definition) is 3. The van der Waals surface area contributed by atoms with Gasteiger partial charge in [0, 0.05) is 36.6 Å². The van der Waals surface area contributed by atoms with Crippen molar-refractivity contribution >= 4 is 80.1 Å². The van der Waals surface area contributed by atoms with E-state index in [1.807, 2.05) is 77.7 Å². The highest BCUT2D eigenvalue weighted by Gasteiger charge is 2.23. The van der Waals surface area contributed by atoms with Crippen LogP contribution in [0, 0.1) is 0 Å². The molecule has 0 radical (unpaired) electrons. The minimum absolute atomic E-state index is 0.159. The summed E-state index contributed by atoms with van der Waals surface area (Å²) >= 11 is 2.80. The van der Waals surface area contributed by atoms with Crippen LogP contribution in [0.1, 0.15) is 9.60 Å². The van der Waals surface area contributed by atoms with Crippen LogP contribution in [0.5, 0.6) is 0 Å². The summed E-state index contributed by atoms with van der Waals surface area (Å²) in [4.78, 5) is 1.98. The topological polar surface area (TPSA) is 3.24 Å². The maximum atomic E-state index is 9.47. The fourth-order valence-corrected chi connectivity index (χ4v) is 8.43. The summed E-state index contributed by atoms with van der Waals surface area (Å²) < 4.78 is 64.9. The monoisotopic (exact) mass is 616 g/mol. The fraction of sp³-hybridized carbons (Fsp3) is 0. The number of hydrogen-bond donors (Lipinski definition) is 0. The first-order valence-electron chi connectivity index (χ1n) is 18.1. The SMILES string of the molecule is [2H]c1c([2H])c([2H])c2c(sc3c(N(c4ccc(-c5ccccc5)cc4)c4ccc(-c5ccccc5)c5c4sc4ccccc45)c([2H])c([2H])c([2H])c32)c1[2H]. The van der Waals surface area contributed by atoms with Gasteiger partial charge >= 0.3 is 0 Å². The van der Waals surface area contributed by atoms with Gasteiger partial charge in [0.1, 0.15) is 0 Å². The molecule has 0 N–H and O–H groups in total. The number of rotatable bonds is 5. The van der Waals surface area contributed by atoms with E-state index in [1.54, 1.807) is 11.3 Å². The van der Waals surface area contributed by atoms with E-state index >= 15 is 0 Å². The number of fused-ring (bicyclic) bond motifs is 6. The Kier molecular flexibility index (Phi) is 4.76. The van der Waals surface area contributed by atoms with Crippen molar-refractivity contribution in [2.45, 2.75) is 0 Å². The second-order valence-electron chi connectivity index (χ2n) is 10.8. The predicted molar refractivity (Wildman–Crippen MR) is 198 cm³/mol. The van der Waals surface area contributed by atoms with Crippen molar-refractivity contribution in [1.29, 1.82) is 0 Å². The van der Waals surface area contributed by atoms with Crippen LogP contribution < -0.4 is 4.90 Å². The van der Waals surface area contributed by atoms with Crippen LogP contribution in [0.2, 0.25) is 0 Å². The van der Waals surface area contributed by atoms with E-state index in [9.17, 15) is 1.37 Å². The Morgan fingerprint density at radius 2 is 1.11 bits per heavy atom. The number of anilines is 3. The van der Waals surface area contributed by atoms with Gasteiger partial charge in [0.2, 0.25) is 0 Å². The van der Waals surface area contributed by atoms with E-state index in [0.29, 0.717) is 15.1 Å². The number of nitrogens with zero attached hydrogens (tertiary/aromatic N) is 1. The molecule has 0 atom stereocenters. The van der Waals surface area contributed by atoms with Crippen LogP contribution in [0.4, 0.5) is 17.1 Å². The van der Waals surface area contributed by atoms with Crippen LogP contribution in [-0.2, 0) is 0 Å². The van der Waals surface area contributed by atoms with Crippen LogP contribution in [0.3, 0.4) is 0 Å². The number of benzene rings is 7. The molecule has 3 heteroatoms. The first-order valence-corrected chi connectivity index (χ1v) is 16.3. The molecule has 0 aliphatic carbocycles. The highest BCUT2D eigenvalue weighted by molar-refractivity contribution is 7.27. The van der Waals surface area contributed by atoms with Gasteiger partial charge in [-0.05, 0) is 58.6 Å². The molecule has 0 spiro atoms. The third-order valence-corrected chi connectivity index (χ3v) is 10.5. The molecule has 9 rings (SSSR count). The molecule has 0 fully saturated rings. The molecule has 45 heavy (non-hydrogen) atoms. The first-order chi connectivity index (χ1) is 25.2. The zero-order chi connectivity index (χ0) is 35.8. The maximum Gasteiger partial charge on any atom is 0.0645 e. The van der Waals surface area contributed by atoms with E-state index in [2.05, 4.69) is 48.5 Å². The lowest BCUT2D eigenvalue weighted by Crippen LogP contribution is -2.10. The molecular weight excluding hydrogens is 583 g/mol. The largest absolute Gasteiger partial charge is 0.308 e. The van der Waals surface area contributed by atoms with Gasteiger partial charge in [-0.2, -0.15) is 0 Å². The Labute approximate surface area is 279 Å². The molecule has 1 nitrogen and oxygen atoms in total. The Balaban J connectivity index is 1.42. The van der Waals surface area contributed by atoms with Crippen molar-refractivity contribution in [3.63, 3.8) is 0 Å². The van der Waals surface area contributed by atoms with Crippen molar-refractivity contribution in [2.24, 2.45) is 0 Å². The van der Waals surface area contributed by atoms with Crippen LogP contribution >= 0.6 is 22.7 Å². The van der Waals surface area contributed by atoms with E-state index in [0.717, 1.165) is 65.1 Å². The Morgan fingerprint density at radius 3 is 1.93 bits per heavy atom. The van der Waals surface area contributed by atoms with Crippen molar-refractivity contribution in [3.05, 3.63) is 164 Å². The lowest BCUT2D eigenvalue weighted by molar-refractivity contribution is 1.32. The standard InChI is InChI=1S/C42H27NS2/c1-3-12-28(13-4-1)29-22-24-31(25-23-29)43(36-19-11-18-34-33-16-7-9-20-38(33)44-41(34)36)37-27-26-32(30-14-5-2-6-15-30)40-35-17-8-10-21-39(35)45-42(37)40/h1-27H/i7D,9D,11D,16D,18D,19D,20D. The molecule has 212 valence electrons. The lowest BCUT2D eigenvalue weighted by Gasteiger charge is -2.27. The molecule has 0 unspecified atom stereocenters. The van der Waals surface area contributed by atoms with Gasteiger partial charge in [-0.25, -0.2) is 0 Å². The van der Waals surface area contributed by atoms with Gasteiger partial charge in [0.25, 0.3) is 0 Å². The zero-order valence-corrected chi connectivity index (χ0v) is 25.4. The summed E-state index contributed by atoms with van der Waals surface area (Å²) in [5.41, 5.74) is 6.09. The van der Waals surface area contributed by atoms with Gasteiger partial charge in [-0.15, -0.1) is 22.7 Å². The molecule has 0 saturated carbocycles. The van der Waals surface area contributed by atoms with Crippen LogP contribution in [0.25, 0.3) is 62.6 Å². The molecule has 0 aliphatic heterocycles. The Morgan fingerprint density at radius 1 is 0.444 bits per heavy atom. The third-order valence-electron chi connectivity index (χ3n) is 8.21. The average molecular weight is 617 g/mol. The molecule has 0 aliphatic rings. The second kappa shape index (κ2) is 10.7. The van der Waals surface area contributed by atoms with Crippen LogP contribution in [0.15, 0.2) is 164 Å². The fourth-order valence-electron chi connectivity index (χ4n) is 6.14. The normalized spacial score (nSPS) is 13.7. The van der Waals surface area contributed by atoms with Gasteiger partial charge in [0.05, 0.1) is 30.4 Å². The molecule has 0 bridgehead atoms. The molecule has 9 aromatic rings. The zero-order valence-electron chi connectivity index (χ0n) is 30.8. The summed E-state index contributed by atoms with van der Waals surface area (Å²) in [5, 5.41) is 2.63. The van der Waals surface area contributed by atoms with Crippen LogP contribution in [-0.4, -0.2) is 0 Å². The van der Waals surface area contributed by atoms with Crippen molar-refractivity contribution in [2.75, 3.05) is 4.90 Å². The Hall–Kier alpha value is -5.22. The molecule has 7 aromatic carbocycles. The summed E-state index contributed by atoms with van der Waals surface area (Å²) in [6.07, 6.45) is 0. The van der Waals surface area contributed by atoms with Gasteiger partial charge in [-0.3, -0.25) is 0 Å². The maximum absolute atomic E-state index is 9.47. The van der Waals surface area contributed by atoms with E-state index < -0.39 is 6.04 Å². The summed E-state index contributed by atoms with van der Waals surface area (Å²) in [6.45, 7) is 0. The average Bonchev–Trinajstić information content (AvgIpc) is 3.78. The minimum atomic E-state index is -0.392. The van der Waals surface area contributed by atoms with Crippen molar-refractivity contribution < 1.29 is 9.60 Å². The number of thiophene rings is 2. The minimum Gasteiger partial charge on any atom is -0.308 e. The van der Waals surface area contributed by atoms with E-state index in [-0.39, 0.29) is 47.0 Å². The highest BCUT2D eigenvalue weighted by atomic mass is 32.1. The lowest BCUT2D eigenvalue weighted by atomic mass is 9.98. The first kappa shape index (κ1) is 19.9. The summed E-state index contributed by atoms with van der Waals surface area (Å²) in [7, 11) is 0.